The molecule has 0 aromatic rings. The van der Waals surface area contributed by atoms with Crippen molar-refractivity contribution in [3.8, 4) is 0 Å². The van der Waals surface area contributed by atoms with E-state index < -0.39 is 4.46 Å². The zero-order valence-electron chi connectivity index (χ0n) is 8.56. The summed E-state index contributed by atoms with van der Waals surface area (Å²) in [4.78, 5) is 2.08. The molecule has 0 rings (SSSR count). The maximum Gasteiger partial charge on any atom is 0.173 e. The molecule has 12 heavy (non-hydrogen) atoms. The SMILES string of the molecule is CCN(C(C)C)C(Cl)(Cl)C(C)C. The van der Waals surface area contributed by atoms with E-state index in [-0.39, 0.29) is 5.92 Å². The van der Waals surface area contributed by atoms with Gasteiger partial charge in [-0.05, 0) is 20.4 Å². The van der Waals surface area contributed by atoms with E-state index in [1.54, 1.807) is 0 Å². The third-order valence-corrected chi connectivity index (χ3v) is 3.35. The molecule has 0 heterocycles. The van der Waals surface area contributed by atoms with Crippen molar-refractivity contribution in [2.24, 2.45) is 5.92 Å². The van der Waals surface area contributed by atoms with Gasteiger partial charge in [-0.1, -0.05) is 44.0 Å². The zero-order chi connectivity index (χ0) is 9.94. The van der Waals surface area contributed by atoms with E-state index in [1.165, 1.54) is 0 Å². The highest BCUT2D eigenvalue weighted by molar-refractivity contribution is 6.48. The van der Waals surface area contributed by atoms with Crippen molar-refractivity contribution in [1.82, 2.24) is 4.90 Å². The van der Waals surface area contributed by atoms with Crippen LogP contribution in [0.2, 0.25) is 0 Å². The molecule has 0 atom stereocenters. The number of alkyl halides is 2. The Labute approximate surface area is 86.0 Å². The Morgan fingerprint density at radius 3 is 1.67 bits per heavy atom. The number of nitrogens with zero attached hydrogens (tertiary/aromatic N) is 1. The first-order chi connectivity index (χ1) is 5.34. The molecule has 0 spiro atoms. The zero-order valence-corrected chi connectivity index (χ0v) is 10.1. The van der Waals surface area contributed by atoms with Gasteiger partial charge in [0.25, 0.3) is 0 Å². The standard InChI is InChI=1S/C9H19Cl2N/c1-6-12(8(4)5)9(10,11)7(2)3/h7-8H,6H2,1-5H3. The van der Waals surface area contributed by atoms with Gasteiger partial charge in [0.05, 0.1) is 0 Å². The van der Waals surface area contributed by atoms with Crippen molar-refractivity contribution in [3.05, 3.63) is 0 Å². The minimum absolute atomic E-state index is 0.239. The van der Waals surface area contributed by atoms with Gasteiger partial charge in [-0.2, -0.15) is 0 Å². The lowest BCUT2D eigenvalue weighted by molar-refractivity contribution is 0.151. The van der Waals surface area contributed by atoms with E-state index in [4.69, 9.17) is 23.2 Å². The van der Waals surface area contributed by atoms with E-state index in [0.29, 0.717) is 6.04 Å². The van der Waals surface area contributed by atoms with E-state index in [1.807, 2.05) is 13.8 Å². The average molecular weight is 212 g/mol. The normalized spacial score (nSPS) is 13.5. The van der Waals surface area contributed by atoms with E-state index in [9.17, 15) is 0 Å². The van der Waals surface area contributed by atoms with Crippen molar-refractivity contribution in [2.75, 3.05) is 6.54 Å². The Morgan fingerprint density at radius 1 is 1.17 bits per heavy atom. The number of hydrogen-bond donors (Lipinski definition) is 0. The molecule has 0 bridgehead atoms. The molecule has 0 aromatic heterocycles. The maximum absolute atomic E-state index is 6.22. The molecule has 0 saturated carbocycles. The van der Waals surface area contributed by atoms with Gasteiger partial charge in [-0.25, -0.2) is 0 Å². The molecular formula is C9H19Cl2N. The van der Waals surface area contributed by atoms with Gasteiger partial charge in [0.15, 0.2) is 4.46 Å². The van der Waals surface area contributed by atoms with Crippen LogP contribution in [0.4, 0.5) is 0 Å². The molecule has 0 radical (unpaired) electrons. The summed E-state index contributed by atoms with van der Waals surface area (Å²) in [5, 5.41) is 0. The largest absolute Gasteiger partial charge is 0.270 e. The lowest BCUT2D eigenvalue weighted by atomic mass is 10.1. The van der Waals surface area contributed by atoms with E-state index in [0.717, 1.165) is 6.54 Å². The fourth-order valence-electron chi connectivity index (χ4n) is 1.25. The molecule has 0 aromatic carbocycles. The van der Waals surface area contributed by atoms with E-state index in [2.05, 4.69) is 25.7 Å². The molecule has 0 saturated heterocycles. The lowest BCUT2D eigenvalue weighted by Crippen LogP contribution is -2.47. The Balaban J connectivity index is 4.47. The second-order valence-electron chi connectivity index (χ2n) is 3.62. The first kappa shape index (κ1) is 12.5. The molecular weight excluding hydrogens is 193 g/mol. The van der Waals surface area contributed by atoms with Gasteiger partial charge in [-0.15, -0.1) is 0 Å². The fourth-order valence-corrected chi connectivity index (χ4v) is 1.88. The average Bonchev–Trinajstić information content (AvgIpc) is 1.86. The van der Waals surface area contributed by atoms with Crippen LogP contribution >= 0.6 is 23.2 Å². The highest BCUT2D eigenvalue weighted by Gasteiger charge is 2.35. The topological polar surface area (TPSA) is 3.24 Å². The number of halogens is 2. The van der Waals surface area contributed by atoms with Crippen molar-refractivity contribution in [1.29, 1.82) is 0 Å². The van der Waals surface area contributed by atoms with Gasteiger partial charge in [-0.3, -0.25) is 4.90 Å². The molecule has 74 valence electrons. The van der Waals surface area contributed by atoms with Crippen molar-refractivity contribution < 1.29 is 0 Å². The van der Waals surface area contributed by atoms with Crippen LogP contribution in [-0.2, 0) is 0 Å². The van der Waals surface area contributed by atoms with Gasteiger partial charge in [0.2, 0.25) is 0 Å². The quantitative estimate of drug-likeness (QED) is 0.509. The fraction of sp³-hybridized carbons (Fsp3) is 1.00. The molecule has 0 aliphatic carbocycles. The second-order valence-corrected chi connectivity index (χ2v) is 4.97. The first-order valence-corrected chi connectivity index (χ1v) is 5.24. The maximum atomic E-state index is 6.22. The monoisotopic (exact) mass is 211 g/mol. The predicted octanol–water partition coefficient (Wildman–Crippen LogP) is 3.50. The Bertz CT molecular complexity index is 132. The lowest BCUT2D eigenvalue weighted by Gasteiger charge is -2.39. The molecule has 0 aliphatic heterocycles. The molecule has 0 amide bonds. The van der Waals surface area contributed by atoms with E-state index >= 15 is 0 Å². The van der Waals surface area contributed by atoms with Gasteiger partial charge < -0.3 is 0 Å². The summed E-state index contributed by atoms with van der Waals surface area (Å²) >= 11 is 12.4. The van der Waals surface area contributed by atoms with Crippen LogP contribution in [0.3, 0.4) is 0 Å². The summed E-state index contributed by atoms with van der Waals surface area (Å²) in [5.41, 5.74) is 0. The molecule has 1 nitrogen and oxygen atoms in total. The Kier molecular flexibility index (Phi) is 4.90. The minimum Gasteiger partial charge on any atom is -0.270 e. The van der Waals surface area contributed by atoms with Crippen LogP contribution in [0.5, 0.6) is 0 Å². The highest BCUT2D eigenvalue weighted by Crippen LogP contribution is 2.35. The van der Waals surface area contributed by atoms with Crippen LogP contribution in [-0.4, -0.2) is 21.9 Å². The molecule has 0 unspecified atom stereocenters. The van der Waals surface area contributed by atoms with Gasteiger partial charge in [0.1, 0.15) is 0 Å². The Hall–Kier alpha value is 0.540. The van der Waals surface area contributed by atoms with Crippen LogP contribution in [0.15, 0.2) is 0 Å². The summed E-state index contributed by atoms with van der Waals surface area (Å²) in [7, 11) is 0. The summed E-state index contributed by atoms with van der Waals surface area (Å²) in [6.45, 7) is 11.2. The first-order valence-electron chi connectivity index (χ1n) is 4.48. The smallest absolute Gasteiger partial charge is 0.173 e. The molecule has 3 heteroatoms. The molecule has 0 N–H and O–H groups in total. The van der Waals surface area contributed by atoms with Crippen molar-refractivity contribution in [3.63, 3.8) is 0 Å². The summed E-state index contributed by atoms with van der Waals surface area (Å²) in [6.07, 6.45) is 0. The van der Waals surface area contributed by atoms with Crippen molar-refractivity contribution in [2.45, 2.75) is 45.1 Å². The molecule has 0 aliphatic rings. The second kappa shape index (κ2) is 4.69. The number of rotatable bonds is 4. The van der Waals surface area contributed by atoms with Gasteiger partial charge in [0, 0.05) is 12.0 Å². The van der Waals surface area contributed by atoms with Crippen LogP contribution in [0.1, 0.15) is 34.6 Å². The van der Waals surface area contributed by atoms with Crippen LogP contribution < -0.4 is 0 Å². The van der Waals surface area contributed by atoms with Crippen LogP contribution in [0.25, 0.3) is 0 Å². The molecule has 0 fully saturated rings. The Morgan fingerprint density at radius 2 is 1.58 bits per heavy atom. The number of hydrogen-bond acceptors (Lipinski definition) is 1. The minimum atomic E-state index is -0.733. The summed E-state index contributed by atoms with van der Waals surface area (Å²) in [5.74, 6) is 0.239. The predicted molar refractivity (Wildman–Crippen MR) is 56.8 cm³/mol. The highest BCUT2D eigenvalue weighted by atomic mass is 35.5. The summed E-state index contributed by atoms with van der Waals surface area (Å²) < 4.78 is -0.733. The van der Waals surface area contributed by atoms with Crippen molar-refractivity contribution >= 4 is 23.2 Å². The summed E-state index contributed by atoms with van der Waals surface area (Å²) in [6, 6.07) is 0.382. The van der Waals surface area contributed by atoms with Crippen LogP contribution in [0, 0.1) is 5.92 Å². The van der Waals surface area contributed by atoms with Gasteiger partial charge >= 0.3 is 0 Å². The third kappa shape index (κ3) is 2.79. The third-order valence-electron chi connectivity index (χ3n) is 2.04.